The highest BCUT2D eigenvalue weighted by molar-refractivity contribution is 5.75. The zero-order valence-electron chi connectivity index (χ0n) is 6.90. The molecule has 0 spiro atoms. The molecule has 3 nitrogen and oxygen atoms in total. The molecule has 0 radical (unpaired) electrons. The molecule has 0 atom stereocenters. The molecule has 0 saturated heterocycles. The first-order chi connectivity index (χ1) is 6.36. The van der Waals surface area contributed by atoms with Gasteiger partial charge in [-0.2, -0.15) is 0 Å². The minimum Gasteiger partial charge on any atom is -0.476 e. The Morgan fingerprint density at radius 1 is 1.38 bits per heavy atom. The number of para-hydroxylation sites is 1. The molecule has 0 fully saturated rings. The van der Waals surface area contributed by atoms with Crippen LogP contribution in [0, 0.1) is 0 Å². The quantitative estimate of drug-likeness (QED) is 0.607. The van der Waals surface area contributed by atoms with Gasteiger partial charge in [-0.3, -0.25) is 0 Å². The number of ether oxygens (including phenoxy) is 1. The molecular formula is C10H8NO2+. The molecule has 0 unspecified atom stereocenters. The van der Waals surface area contributed by atoms with E-state index in [1.165, 1.54) is 0 Å². The van der Waals surface area contributed by atoms with Crippen LogP contribution >= 0.6 is 0 Å². The van der Waals surface area contributed by atoms with Crippen molar-refractivity contribution in [3.05, 3.63) is 29.6 Å². The van der Waals surface area contributed by atoms with E-state index in [-0.39, 0.29) is 5.88 Å². The van der Waals surface area contributed by atoms with Gasteiger partial charge in [0.25, 0.3) is 5.69 Å². The summed E-state index contributed by atoms with van der Waals surface area (Å²) in [7, 11) is 0. The van der Waals surface area contributed by atoms with E-state index in [1.54, 1.807) is 10.7 Å². The third kappa shape index (κ3) is 0.758. The van der Waals surface area contributed by atoms with E-state index in [1.807, 2.05) is 24.4 Å². The monoisotopic (exact) mass is 174 g/mol. The summed E-state index contributed by atoms with van der Waals surface area (Å²) in [4.78, 5) is 0. The molecule has 3 rings (SSSR count). The number of rotatable bonds is 0. The Balaban J connectivity index is 2.37. The van der Waals surface area contributed by atoms with E-state index in [2.05, 4.69) is 0 Å². The fourth-order valence-corrected chi connectivity index (χ4v) is 1.74. The molecule has 3 heteroatoms. The van der Waals surface area contributed by atoms with Crippen LogP contribution in [0.3, 0.4) is 0 Å². The third-order valence-electron chi connectivity index (χ3n) is 2.30. The first kappa shape index (κ1) is 6.71. The second-order valence-electron chi connectivity index (χ2n) is 3.06. The van der Waals surface area contributed by atoms with Gasteiger partial charge < -0.3 is 9.84 Å². The van der Waals surface area contributed by atoms with Crippen molar-refractivity contribution in [1.29, 1.82) is 0 Å². The van der Waals surface area contributed by atoms with E-state index < -0.39 is 0 Å². The first-order valence-electron chi connectivity index (χ1n) is 4.15. The van der Waals surface area contributed by atoms with Crippen molar-refractivity contribution in [2.45, 2.75) is 0 Å². The van der Waals surface area contributed by atoms with E-state index in [0.29, 0.717) is 6.61 Å². The van der Waals surface area contributed by atoms with Crippen LogP contribution in [0.1, 0.15) is 5.56 Å². The zero-order valence-corrected chi connectivity index (χ0v) is 6.90. The Hall–Kier alpha value is -1.77. The highest BCUT2D eigenvalue weighted by Gasteiger charge is 2.33. The molecule has 1 aromatic rings. The molecule has 2 aliphatic heterocycles. The molecule has 2 heterocycles. The highest BCUT2D eigenvalue weighted by atomic mass is 16.5. The Morgan fingerprint density at radius 3 is 3.23 bits per heavy atom. The normalized spacial score (nSPS) is 17.2. The average molecular weight is 174 g/mol. The molecule has 0 saturated carbocycles. The number of hydrogen-bond acceptors (Lipinski definition) is 2. The van der Waals surface area contributed by atoms with Crippen molar-refractivity contribution >= 4 is 18.0 Å². The lowest BCUT2D eigenvalue weighted by Gasteiger charge is -2.09. The zero-order chi connectivity index (χ0) is 8.84. The van der Waals surface area contributed by atoms with Gasteiger partial charge in [0, 0.05) is 0 Å². The van der Waals surface area contributed by atoms with Gasteiger partial charge in [0.2, 0.25) is 0 Å². The van der Waals surface area contributed by atoms with Crippen LogP contribution in [-0.4, -0.2) is 22.5 Å². The number of benzene rings is 1. The second kappa shape index (κ2) is 2.13. The Kier molecular flexibility index (Phi) is 1.10. The maximum absolute atomic E-state index is 9.57. The fraction of sp³-hybridized carbons (Fsp3) is 0.100. The standard InChI is InChI=1S/C10H7NO2/c12-9-6-7-2-1-3-8-10(7)11(9)4-5-13-8/h1-4,6H,5H2/p+1. The van der Waals surface area contributed by atoms with Crippen molar-refractivity contribution < 1.29 is 14.4 Å². The summed E-state index contributed by atoms with van der Waals surface area (Å²) in [6.45, 7) is 0.508. The summed E-state index contributed by atoms with van der Waals surface area (Å²) in [5.41, 5.74) is 1.96. The van der Waals surface area contributed by atoms with Gasteiger partial charge in [-0.05, 0) is 12.1 Å². The second-order valence-corrected chi connectivity index (χ2v) is 3.06. The molecule has 0 aliphatic carbocycles. The van der Waals surface area contributed by atoms with E-state index in [9.17, 15) is 5.11 Å². The molecule has 1 N–H and O–H groups in total. The Morgan fingerprint density at radius 2 is 2.31 bits per heavy atom. The molecular weight excluding hydrogens is 166 g/mol. The van der Waals surface area contributed by atoms with Gasteiger partial charge in [-0.25, -0.2) is 0 Å². The molecule has 0 amide bonds. The van der Waals surface area contributed by atoms with E-state index >= 15 is 0 Å². The van der Waals surface area contributed by atoms with Crippen LogP contribution in [0.5, 0.6) is 5.75 Å². The van der Waals surface area contributed by atoms with Gasteiger partial charge in [0.05, 0.1) is 11.6 Å². The lowest BCUT2D eigenvalue weighted by molar-refractivity contribution is -0.414. The van der Waals surface area contributed by atoms with Gasteiger partial charge in [-0.1, -0.05) is 6.07 Å². The molecule has 0 aromatic heterocycles. The largest absolute Gasteiger partial charge is 0.476 e. The Labute approximate surface area is 75.2 Å². The van der Waals surface area contributed by atoms with Gasteiger partial charge >= 0.3 is 5.88 Å². The van der Waals surface area contributed by atoms with Crippen molar-refractivity contribution in [2.75, 3.05) is 6.61 Å². The maximum Gasteiger partial charge on any atom is 0.372 e. The molecule has 64 valence electrons. The molecule has 0 bridgehead atoms. The van der Waals surface area contributed by atoms with Crippen molar-refractivity contribution in [3.8, 4) is 5.75 Å². The lowest BCUT2D eigenvalue weighted by atomic mass is 10.2. The third-order valence-corrected chi connectivity index (χ3v) is 2.30. The van der Waals surface area contributed by atoms with E-state index in [4.69, 9.17) is 4.74 Å². The molecule has 1 aromatic carbocycles. The van der Waals surface area contributed by atoms with Crippen molar-refractivity contribution in [1.82, 2.24) is 0 Å². The average Bonchev–Trinajstić information content (AvgIpc) is 2.47. The predicted octanol–water partition coefficient (Wildman–Crippen LogP) is 1.66. The summed E-state index contributed by atoms with van der Waals surface area (Å²) >= 11 is 0. The number of aliphatic hydroxyl groups is 1. The van der Waals surface area contributed by atoms with Gasteiger partial charge in [0.1, 0.15) is 0 Å². The van der Waals surface area contributed by atoms with Gasteiger partial charge in [-0.15, -0.1) is 4.58 Å². The van der Waals surface area contributed by atoms with Crippen LogP contribution in [0.2, 0.25) is 0 Å². The van der Waals surface area contributed by atoms with Crippen molar-refractivity contribution in [2.24, 2.45) is 0 Å². The van der Waals surface area contributed by atoms with Crippen LogP contribution < -0.4 is 4.74 Å². The minimum absolute atomic E-state index is 0.269. The van der Waals surface area contributed by atoms with Crippen molar-refractivity contribution in [3.63, 3.8) is 0 Å². The summed E-state index contributed by atoms with van der Waals surface area (Å²) in [6.07, 6.45) is 3.56. The Bertz CT molecular complexity index is 446. The summed E-state index contributed by atoms with van der Waals surface area (Å²) < 4.78 is 7.18. The number of nitrogens with zero attached hydrogens (tertiary/aromatic N) is 1. The van der Waals surface area contributed by atoms with Crippen LogP contribution in [-0.2, 0) is 0 Å². The number of hydrogen-bond donors (Lipinski definition) is 1. The summed E-state index contributed by atoms with van der Waals surface area (Å²) in [5.74, 6) is 1.10. The van der Waals surface area contributed by atoms with Crippen LogP contribution in [0.4, 0.5) is 5.69 Å². The SMILES string of the molecule is OC1=Cc2cccc3c2[N+]1=CCO3. The smallest absolute Gasteiger partial charge is 0.372 e. The highest BCUT2D eigenvalue weighted by Crippen LogP contribution is 2.39. The van der Waals surface area contributed by atoms with Crippen LogP contribution in [0.25, 0.3) is 6.08 Å². The summed E-state index contributed by atoms with van der Waals surface area (Å²) in [5, 5.41) is 9.57. The first-order valence-corrected chi connectivity index (χ1v) is 4.15. The fourth-order valence-electron chi connectivity index (χ4n) is 1.74. The summed E-state index contributed by atoms with van der Waals surface area (Å²) in [6, 6.07) is 5.79. The minimum atomic E-state index is 0.269. The molecule has 13 heavy (non-hydrogen) atoms. The van der Waals surface area contributed by atoms with E-state index in [0.717, 1.165) is 17.0 Å². The van der Waals surface area contributed by atoms with Crippen LogP contribution in [0.15, 0.2) is 24.1 Å². The maximum atomic E-state index is 9.57. The predicted molar refractivity (Wildman–Crippen MR) is 48.5 cm³/mol. The number of aliphatic hydroxyl groups excluding tert-OH is 1. The topological polar surface area (TPSA) is 32.5 Å². The lowest BCUT2D eigenvalue weighted by Crippen LogP contribution is -2.15. The molecule has 2 aliphatic rings. The van der Waals surface area contributed by atoms with Gasteiger partial charge in [0.15, 0.2) is 18.6 Å².